The van der Waals surface area contributed by atoms with Crippen LogP contribution in [0.4, 0.5) is 5.69 Å². The highest BCUT2D eigenvalue weighted by atomic mass is 28.2. The van der Waals surface area contributed by atoms with Gasteiger partial charge in [-0.2, -0.15) is 0 Å². The number of aryl methyl sites for hydroxylation is 1. The first-order valence-corrected chi connectivity index (χ1v) is 9.65. The highest BCUT2D eigenvalue weighted by Gasteiger charge is 2.09. The molecule has 1 aromatic rings. The number of benzene rings is 1. The van der Waals surface area contributed by atoms with Crippen molar-refractivity contribution in [1.82, 2.24) is 0 Å². The van der Waals surface area contributed by atoms with Gasteiger partial charge >= 0.3 is 0 Å². The van der Waals surface area contributed by atoms with Crippen molar-refractivity contribution >= 4 is 15.2 Å². The molecule has 0 amide bonds. The maximum atomic E-state index is 5.78. The lowest BCUT2D eigenvalue weighted by molar-refractivity contribution is -0.0904. The molecule has 4 heteroatoms. The summed E-state index contributed by atoms with van der Waals surface area (Å²) >= 11 is 0. The van der Waals surface area contributed by atoms with E-state index in [0.717, 1.165) is 38.2 Å². The van der Waals surface area contributed by atoms with Crippen LogP contribution < -0.4 is 5.73 Å². The summed E-state index contributed by atoms with van der Waals surface area (Å²) in [6.07, 6.45) is 4.47. The Hall–Kier alpha value is -0.843. The third kappa shape index (κ3) is 7.67. The summed E-state index contributed by atoms with van der Waals surface area (Å²) in [7, 11) is -0.308. The van der Waals surface area contributed by atoms with E-state index < -0.39 is 0 Å². The van der Waals surface area contributed by atoms with Crippen LogP contribution in [0.1, 0.15) is 38.7 Å². The monoisotopic (exact) mass is 295 g/mol. The normalized spacial score (nSPS) is 11.8. The Bertz CT molecular complexity index is 335. The smallest absolute Gasteiger partial charge is 0.134 e. The van der Waals surface area contributed by atoms with Crippen LogP contribution in [0.2, 0.25) is 6.04 Å². The van der Waals surface area contributed by atoms with Gasteiger partial charge in [-0.15, -0.1) is 0 Å². The minimum absolute atomic E-state index is 0.112. The summed E-state index contributed by atoms with van der Waals surface area (Å²) in [5.74, 6) is 0.112. The zero-order valence-electron chi connectivity index (χ0n) is 12.9. The van der Waals surface area contributed by atoms with Crippen molar-refractivity contribution in [3.05, 3.63) is 29.8 Å². The highest BCUT2D eigenvalue weighted by Crippen LogP contribution is 2.10. The molecule has 1 aromatic carbocycles. The molecule has 0 aliphatic rings. The molecule has 0 atom stereocenters. The Morgan fingerprint density at radius 3 is 2.20 bits per heavy atom. The number of nitrogen functional groups attached to an aromatic ring is 1. The van der Waals surface area contributed by atoms with Gasteiger partial charge in [0.1, 0.15) is 5.91 Å². The lowest BCUT2D eigenvalue weighted by atomic mass is 10.1. The SMILES string of the molecule is CCCOC(OCCC)[SiH2]CCCc1ccc(N)cc1. The largest absolute Gasteiger partial charge is 0.399 e. The summed E-state index contributed by atoms with van der Waals surface area (Å²) < 4.78 is 11.6. The maximum Gasteiger partial charge on any atom is 0.134 e. The fourth-order valence-electron chi connectivity index (χ4n) is 2.04. The number of nitrogens with two attached hydrogens (primary N) is 1. The molecule has 0 aromatic heterocycles. The second-order valence-corrected chi connectivity index (χ2v) is 7.11. The van der Waals surface area contributed by atoms with E-state index in [1.807, 2.05) is 12.1 Å². The Labute approximate surface area is 125 Å². The van der Waals surface area contributed by atoms with Crippen molar-refractivity contribution in [1.29, 1.82) is 0 Å². The second kappa shape index (κ2) is 10.9. The average Bonchev–Trinajstić information content (AvgIpc) is 2.47. The second-order valence-electron chi connectivity index (χ2n) is 5.16. The van der Waals surface area contributed by atoms with Crippen molar-refractivity contribution in [2.45, 2.75) is 51.5 Å². The lowest BCUT2D eigenvalue weighted by Gasteiger charge is -2.17. The molecule has 0 aliphatic carbocycles. The Morgan fingerprint density at radius 2 is 1.65 bits per heavy atom. The van der Waals surface area contributed by atoms with E-state index in [0.29, 0.717) is 0 Å². The van der Waals surface area contributed by atoms with Gasteiger partial charge in [0.2, 0.25) is 0 Å². The molecule has 0 unspecified atom stereocenters. The summed E-state index contributed by atoms with van der Waals surface area (Å²) in [6, 6.07) is 9.46. The summed E-state index contributed by atoms with van der Waals surface area (Å²) in [5.41, 5.74) is 7.89. The molecule has 1 rings (SSSR count). The molecular formula is C16H29NO2Si. The molecule has 0 radical (unpaired) electrons. The van der Waals surface area contributed by atoms with Crippen molar-refractivity contribution in [3.8, 4) is 0 Å². The highest BCUT2D eigenvalue weighted by molar-refractivity contribution is 6.36. The molecule has 0 heterocycles. The Balaban J connectivity index is 2.19. The van der Waals surface area contributed by atoms with E-state index in [1.165, 1.54) is 18.0 Å². The van der Waals surface area contributed by atoms with Gasteiger partial charge in [0.05, 0.1) is 9.52 Å². The molecule has 0 spiro atoms. The van der Waals surface area contributed by atoms with E-state index in [-0.39, 0.29) is 15.4 Å². The standard InChI is InChI=1S/C16H29NO2Si/c1-3-11-18-16(19-12-4-2)20-13-5-6-14-7-9-15(17)10-8-14/h7-10,16H,3-6,11-13,17,20H2,1-2H3. The third-order valence-electron chi connectivity index (χ3n) is 3.15. The first-order chi connectivity index (χ1) is 9.76. The Morgan fingerprint density at radius 1 is 1.05 bits per heavy atom. The average molecular weight is 295 g/mol. The predicted molar refractivity (Wildman–Crippen MR) is 88.8 cm³/mol. The first-order valence-electron chi connectivity index (χ1n) is 7.83. The van der Waals surface area contributed by atoms with Crippen LogP contribution in [0.25, 0.3) is 0 Å². The molecule has 0 bridgehead atoms. The predicted octanol–water partition coefficient (Wildman–Crippen LogP) is 2.93. The van der Waals surface area contributed by atoms with Gasteiger partial charge in [-0.25, -0.2) is 0 Å². The molecule has 0 aliphatic heterocycles. The molecule has 2 N–H and O–H groups in total. The van der Waals surface area contributed by atoms with Gasteiger partial charge in [-0.1, -0.05) is 38.4 Å². The fourth-order valence-corrected chi connectivity index (χ4v) is 3.58. The maximum absolute atomic E-state index is 5.78. The first kappa shape index (κ1) is 17.2. The van der Waals surface area contributed by atoms with Crippen LogP contribution in [0.5, 0.6) is 0 Å². The van der Waals surface area contributed by atoms with Gasteiger partial charge in [0.25, 0.3) is 0 Å². The minimum atomic E-state index is -0.308. The number of rotatable bonds is 11. The van der Waals surface area contributed by atoms with E-state index in [2.05, 4.69) is 26.0 Å². The molecule has 0 saturated heterocycles. The zero-order valence-corrected chi connectivity index (χ0v) is 14.4. The van der Waals surface area contributed by atoms with Crippen LogP contribution in [0.15, 0.2) is 24.3 Å². The zero-order chi connectivity index (χ0) is 14.6. The molecule has 0 saturated carbocycles. The molecule has 0 fully saturated rings. The molecule has 114 valence electrons. The Kier molecular flexibility index (Phi) is 9.37. The van der Waals surface area contributed by atoms with Crippen LogP contribution in [0, 0.1) is 0 Å². The van der Waals surface area contributed by atoms with E-state index in [1.54, 1.807) is 0 Å². The summed E-state index contributed by atoms with van der Waals surface area (Å²) in [4.78, 5) is 0. The molecule has 20 heavy (non-hydrogen) atoms. The quantitative estimate of drug-likeness (QED) is 0.295. The van der Waals surface area contributed by atoms with Gasteiger partial charge in [-0.05, 0) is 37.0 Å². The van der Waals surface area contributed by atoms with Crippen molar-refractivity contribution in [2.75, 3.05) is 18.9 Å². The lowest BCUT2D eigenvalue weighted by Crippen LogP contribution is -2.25. The fraction of sp³-hybridized carbons (Fsp3) is 0.625. The number of hydrogen-bond acceptors (Lipinski definition) is 3. The van der Waals surface area contributed by atoms with Gasteiger partial charge in [0, 0.05) is 18.9 Å². The topological polar surface area (TPSA) is 44.5 Å². The van der Waals surface area contributed by atoms with Crippen molar-refractivity contribution in [3.63, 3.8) is 0 Å². The van der Waals surface area contributed by atoms with Gasteiger partial charge in [0.15, 0.2) is 0 Å². The molecule has 3 nitrogen and oxygen atoms in total. The summed E-state index contributed by atoms with van der Waals surface area (Å²) in [6.45, 7) is 5.91. The number of hydrogen-bond donors (Lipinski definition) is 1. The van der Waals surface area contributed by atoms with Crippen LogP contribution in [0.3, 0.4) is 0 Å². The minimum Gasteiger partial charge on any atom is -0.399 e. The van der Waals surface area contributed by atoms with Gasteiger partial charge in [-0.3, -0.25) is 0 Å². The van der Waals surface area contributed by atoms with Crippen LogP contribution in [-0.2, 0) is 15.9 Å². The van der Waals surface area contributed by atoms with Crippen molar-refractivity contribution in [2.24, 2.45) is 0 Å². The van der Waals surface area contributed by atoms with E-state index in [9.17, 15) is 0 Å². The van der Waals surface area contributed by atoms with E-state index >= 15 is 0 Å². The molecular weight excluding hydrogens is 266 g/mol. The van der Waals surface area contributed by atoms with E-state index in [4.69, 9.17) is 15.2 Å². The summed E-state index contributed by atoms with van der Waals surface area (Å²) in [5, 5.41) is 0. The van der Waals surface area contributed by atoms with Crippen LogP contribution in [-0.4, -0.2) is 28.6 Å². The third-order valence-corrected chi connectivity index (χ3v) is 5.00. The number of anilines is 1. The number of ether oxygens (including phenoxy) is 2. The van der Waals surface area contributed by atoms with Crippen LogP contribution >= 0.6 is 0 Å². The van der Waals surface area contributed by atoms with Gasteiger partial charge < -0.3 is 15.2 Å². The van der Waals surface area contributed by atoms with Crippen molar-refractivity contribution < 1.29 is 9.47 Å².